The number of anilines is 3. The summed E-state index contributed by atoms with van der Waals surface area (Å²) in [5, 5.41) is 9.03. The molecule has 3 N–H and O–H groups in total. The SMILES string of the molecule is Cc1cccc(Nc2nn(C[NH+]3CCN(c4cc[nH+]cc4)CC3)c(=S)s2)c1C. The van der Waals surface area contributed by atoms with E-state index in [0.29, 0.717) is 0 Å². The van der Waals surface area contributed by atoms with Crippen molar-refractivity contribution >= 4 is 40.1 Å². The van der Waals surface area contributed by atoms with Crippen LogP contribution in [-0.2, 0) is 6.67 Å². The molecule has 0 spiro atoms. The zero-order valence-corrected chi connectivity index (χ0v) is 17.9. The van der Waals surface area contributed by atoms with E-state index in [9.17, 15) is 0 Å². The highest BCUT2D eigenvalue weighted by Gasteiger charge is 2.21. The molecule has 8 heteroatoms. The Hall–Kier alpha value is -2.29. The highest BCUT2D eigenvalue weighted by molar-refractivity contribution is 7.73. The van der Waals surface area contributed by atoms with Crippen molar-refractivity contribution in [2.75, 3.05) is 36.4 Å². The van der Waals surface area contributed by atoms with Gasteiger partial charge in [-0.05, 0) is 43.3 Å². The molecule has 1 aromatic carbocycles. The molecule has 2 aromatic heterocycles. The topological polar surface area (TPSA) is 51.7 Å². The standard InChI is InChI=1S/C20H24N6S2/c1-15-4-3-5-18(16(15)2)22-19-23-26(20(27)28-19)14-24-10-12-25(13-11-24)17-6-8-21-9-7-17/h3-9H,10-14H2,1-2H3,(H,22,23)/p+2. The van der Waals surface area contributed by atoms with E-state index < -0.39 is 0 Å². The molecule has 4 rings (SSSR count). The molecule has 0 radical (unpaired) electrons. The number of nitrogens with zero attached hydrogens (tertiary/aromatic N) is 3. The Labute approximate surface area is 174 Å². The lowest BCUT2D eigenvalue weighted by molar-refractivity contribution is -0.924. The van der Waals surface area contributed by atoms with E-state index in [2.05, 4.69) is 59.4 Å². The van der Waals surface area contributed by atoms with E-state index in [1.807, 2.05) is 17.1 Å². The number of hydrogen-bond donors (Lipinski definition) is 2. The highest BCUT2D eigenvalue weighted by atomic mass is 32.1. The molecular formula is C20H26N6S2+2. The predicted molar refractivity (Wildman–Crippen MR) is 116 cm³/mol. The van der Waals surface area contributed by atoms with Gasteiger partial charge in [-0.15, -0.1) is 5.10 Å². The molecular weight excluding hydrogens is 388 g/mol. The van der Waals surface area contributed by atoms with Gasteiger partial charge in [0.25, 0.3) is 0 Å². The quantitative estimate of drug-likeness (QED) is 0.629. The fourth-order valence-corrected chi connectivity index (χ4v) is 4.52. The van der Waals surface area contributed by atoms with Gasteiger partial charge in [0.1, 0.15) is 0 Å². The van der Waals surface area contributed by atoms with Crippen molar-refractivity contribution in [3.05, 3.63) is 57.8 Å². The summed E-state index contributed by atoms with van der Waals surface area (Å²) in [6.07, 6.45) is 3.96. The lowest BCUT2D eigenvalue weighted by Gasteiger charge is -2.33. The van der Waals surface area contributed by atoms with Crippen LogP contribution >= 0.6 is 23.6 Å². The molecule has 0 amide bonds. The molecule has 0 saturated carbocycles. The second-order valence-corrected chi connectivity index (χ2v) is 8.82. The molecule has 0 unspecified atom stereocenters. The van der Waals surface area contributed by atoms with E-state index in [0.717, 1.165) is 47.6 Å². The number of aryl methyl sites for hydroxylation is 1. The normalized spacial score (nSPS) is 15.0. The molecule has 146 valence electrons. The lowest BCUT2D eigenvalue weighted by atomic mass is 10.1. The van der Waals surface area contributed by atoms with E-state index in [4.69, 9.17) is 17.3 Å². The maximum atomic E-state index is 5.57. The lowest BCUT2D eigenvalue weighted by Crippen LogP contribution is -3.14. The average Bonchev–Trinajstić information content (AvgIpc) is 3.05. The first kappa shape index (κ1) is 19.0. The number of benzene rings is 1. The van der Waals surface area contributed by atoms with Crippen LogP contribution in [0.4, 0.5) is 16.5 Å². The predicted octanol–water partition coefficient (Wildman–Crippen LogP) is 2.21. The highest BCUT2D eigenvalue weighted by Crippen LogP contribution is 2.24. The smallest absolute Gasteiger partial charge is 0.209 e. The van der Waals surface area contributed by atoms with Crippen LogP contribution in [0.1, 0.15) is 11.1 Å². The van der Waals surface area contributed by atoms with Gasteiger partial charge >= 0.3 is 0 Å². The van der Waals surface area contributed by atoms with Gasteiger partial charge in [0.2, 0.25) is 5.13 Å². The summed E-state index contributed by atoms with van der Waals surface area (Å²) in [4.78, 5) is 7.03. The van der Waals surface area contributed by atoms with Gasteiger partial charge in [0, 0.05) is 23.5 Å². The van der Waals surface area contributed by atoms with Crippen LogP contribution in [0.15, 0.2) is 42.7 Å². The Morgan fingerprint density at radius 2 is 1.93 bits per heavy atom. The minimum absolute atomic E-state index is 0.820. The Morgan fingerprint density at radius 1 is 1.18 bits per heavy atom. The number of aromatic nitrogens is 3. The van der Waals surface area contributed by atoms with Crippen molar-refractivity contribution in [1.82, 2.24) is 9.78 Å². The monoisotopic (exact) mass is 414 g/mol. The van der Waals surface area contributed by atoms with Crippen molar-refractivity contribution in [3.8, 4) is 0 Å². The van der Waals surface area contributed by atoms with Crippen LogP contribution in [0.2, 0.25) is 0 Å². The summed E-state index contributed by atoms with van der Waals surface area (Å²) in [6, 6.07) is 10.5. The minimum Gasteiger partial charge on any atom is -0.360 e. The number of hydrogen-bond acceptors (Lipinski definition) is 5. The summed E-state index contributed by atoms with van der Waals surface area (Å²) < 4.78 is 2.79. The summed E-state index contributed by atoms with van der Waals surface area (Å²) in [6.45, 7) is 9.32. The Balaban J connectivity index is 1.38. The molecule has 0 atom stereocenters. The Bertz CT molecular complexity index is 989. The molecule has 28 heavy (non-hydrogen) atoms. The van der Waals surface area contributed by atoms with Gasteiger partial charge in [0.15, 0.2) is 23.0 Å². The zero-order valence-electron chi connectivity index (χ0n) is 16.2. The minimum atomic E-state index is 0.820. The summed E-state index contributed by atoms with van der Waals surface area (Å²) in [5.74, 6) is 0. The van der Waals surface area contributed by atoms with Crippen molar-refractivity contribution < 1.29 is 9.88 Å². The third-order valence-corrected chi connectivity index (χ3v) is 6.59. The fraction of sp³-hybridized carbons (Fsp3) is 0.350. The maximum absolute atomic E-state index is 5.57. The van der Waals surface area contributed by atoms with E-state index >= 15 is 0 Å². The second kappa shape index (κ2) is 8.38. The third kappa shape index (κ3) is 4.24. The van der Waals surface area contributed by atoms with Gasteiger partial charge in [-0.1, -0.05) is 23.5 Å². The molecule has 1 aliphatic rings. The van der Waals surface area contributed by atoms with E-state index in [1.165, 1.54) is 33.1 Å². The molecule has 3 aromatic rings. The maximum Gasteiger partial charge on any atom is 0.209 e. The molecule has 0 aliphatic carbocycles. The first-order valence-electron chi connectivity index (χ1n) is 9.56. The van der Waals surface area contributed by atoms with Crippen molar-refractivity contribution in [3.63, 3.8) is 0 Å². The fourth-order valence-electron chi connectivity index (χ4n) is 3.50. The van der Waals surface area contributed by atoms with Crippen LogP contribution in [0, 0.1) is 17.8 Å². The molecule has 6 nitrogen and oxygen atoms in total. The van der Waals surface area contributed by atoms with Crippen LogP contribution in [0.3, 0.4) is 0 Å². The number of quaternary nitrogens is 1. The van der Waals surface area contributed by atoms with Crippen LogP contribution in [0.25, 0.3) is 0 Å². The molecule has 1 fully saturated rings. The van der Waals surface area contributed by atoms with Crippen molar-refractivity contribution in [2.45, 2.75) is 20.5 Å². The molecule has 1 saturated heterocycles. The first-order chi connectivity index (χ1) is 13.6. The van der Waals surface area contributed by atoms with Gasteiger partial charge in [-0.25, -0.2) is 4.98 Å². The van der Waals surface area contributed by atoms with Crippen LogP contribution in [-0.4, -0.2) is 36.0 Å². The summed E-state index contributed by atoms with van der Waals surface area (Å²) >= 11 is 7.11. The summed E-state index contributed by atoms with van der Waals surface area (Å²) in [5.41, 5.74) is 4.89. The molecule has 0 bridgehead atoms. The number of pyridine rings is 1. The van der Waals surface area contributed by atoms with Gasteiger partial charge in [-0.2, -0.15) is 4.68 Å². The average molecular weight is 415 g/mol. The van der Waals surface area contributed by atoms with Crippen LogP contribution < -0.4 is 20.1 Å². The number of nitrogens with one attached hydrogen (secondary N) is 3. The largest absolute Gasteiger partial charge is 0.360 e. The molecule has 1 aliphatic heterocycles. The second-order valence-electron chi connectivity index (χ2n) is 7.20. The van der Waals surface area contributed by atoms with Gasteiger partial charge < -0.3 is 15.1 Å². The zero-order chi connectivity index (χ0) is 19.5. The number of rotatable bonds is 5. The van der Waals surface area contributed by atoms with Gasteiger partial charge in [0.05, 0.1) is 26.2 Å². The van der Waals surface area contributed by atoms with E-state index in [-0.39, 0.29) is 0 Å². The number of piperazine rings is 1. The van der Waals surface area contributed by atoms with Crippen LogP contribution in [0.5, 0.6) is 0 Å². The van der Waals surface area contributed by atoms with Gasteiger partial charge in [-0.3, -0.25) is 0 Å². The third-order valence-electron chi connectivity index (χ3n) is 5.36. The Morgan fingerprint density at radius 3 is 2.68 bits per heavy atom. The summed E-state index contributed by atoms with van der Waals surface area (Å²) in [7, 11) is 0. The Kier molecular flexibility index (Phi) is 5.70. The van der Waals surface area contributed by atoms with E-state index in [1.54, 1.807) is 0 Å². The van der Waals surface area contributed by atoms with Crippen molar-refractivity contribution in [2.24, 2.45) is 0 Å². The molecule has 3 heterocycles. The first-order valence-corrected chi connectivity index (χ1v) is 10.8. The van der Waals surface area contributed by atoms with Crippen molar-refractivity contribution in [1.29, 1.82) is 0 Å². The number of aromatic amines is 1. The number of H-pyrrole nitrogens is 1.